The first-order valence-electron chi connectivity index (χ1n) is 5.74. The Morgan fingerprint density at radius 1 is 1.53 bits per heavy atom. The van der Waals surface area contributed by atoms with Crippen LogP contribution in [0, 0.1) is 12.8 Å². The van der Waals surface area contributed by atoms with Crippen molar-refractivity contribution >= 4 is 11.6 Å². The van der Waals surface area contributed by atoms with Crippen LogP contribution >= 0.6 is 0 Å². The highest BCUT2D eigenvalue weighted by atomic mass is 16.5. The van der Waals surface area contributed by atoms with Crippen LogP contribution in [0.4, 0.5) is 5.69 Å². The summed E-state index contributed by atoms with van der Waals surface area (Å²) in [6.45, 7) is 6.45. The van der Waals surface area contributed by atoms with Gasteiger partial charge in [0.05, 0.1) is 12.8 Å². The molecule has 17 heavy (non-hydrogen) atoms. The third kappa shape index (κ3) is 2.05. The zero-order valence-electron chi connectivity index (χ0n) is 10.3. The van der Waals surface area contributed by atoms with Crippen molar-refractivity contribution in [3.8, 4) is 5.75 Å². The van der Waals surface area contributed by atoms with Gasteiger partial charge in [-0.3, -0.25) is 4.79 Å². The van der Waals surface area contributed by atoms with Gasteiger partial charge in [-0.2, -0.15) is 0 Å². The summed E-state index contributed by atoms with van der Waals surface area (Å²) >= 11 is 0. The van der Waals surface area contributed by atoms with Crippen molar-refractivity contribution in [3.63, 3.8) is 0 Å². The predicted molar refractivity (Wildman–Crippen MR) is 68.4 cm³/mol. The first kappa shape index (κ1) is 11.7. The normalized spacial score (nSPS) is 19.5. The molecule has 1 aromatic rings. The van der Waals surface area contributed by atoms with E-state index in [0.717, 1.165) is 23.5 Å². The standard InChI is InChI=1S/C14H17NO2/c1-4-11-8-14(16)15(9-11)12-6-5-7-13(17-3)10(12)2/h4-7,11H,1,8-9H2,2-3H3. The lowest BCUT2D eigenvalue weighted by molar-refractivity contribution is -0.117. The molecule has 1 aliphatic heterocycles. The Hall–Kier alpha value is -1.77. The average Bonchev–Trinajstić information content (AvgIpc) is 2.71. The van der Waals surface area contributed by atoms with Crippen LogP contribution < -0.4 is 9.64 Å². The van der Waals surface area contributed by atoms with Gasteiger partial charge in [0, 0.05) is 24.4 Å². The summed E-state index contributed by atoms with van der Waals surface area (Å²) < 4.78 is 5.28. The first-order valence-corrected chi connectivity index (χ1v) is 5.74. The summed E-state index contributed by atoms with van der Waals surface area (Å²) in [4.78, 5) is 13.8. The van der Waals surface area contributed by atoms with Crippen LogP contribution in [0.2, 0.25) is 0 Å². The van der Waals surface area contributed by atoms with Gasteiger partial charge >= 0.3 is 0 Å². The molecular weight excluding hydrogens is 214 g/mol. The van der Waals surface area contributed by atoms with E-state index in [-0.39, 0.29) is 11.8 Å². The molecule has 3 nitrogen and oxygen atoms in total. The van der Waals surface area contributed by atoms with E-state index in [9.17, 15) is 4.79 Å². The Morgan fingerprint density at radius 2 is 2.29 bits per heavy atom. The van der Waals surface area contributed by atoms with E-state index in [1.807, 2.05) is 36.1 Å². The van der Waals surface area contributed by atoms with E-state index in [4.69, 9.17) is 4.74 Å². The molecule has 1 heterocycles. The molecule has 0 aliphatic carbocycles. The Bertz CT molecular complexity index is 454. The van der Waals surface area contributed by atoms with Gasteiger partial charge in [0.2, 0.25) is 5.91 Å². The molecule has 0 radical (unpaired) electrons. The van der Waals surface area contributed by atoms with E-state index >= 15 is 0 Å². The largest absolute Gasteiger partial charge is 0.496 e. The van der Waals surface area contributed by atoms with Gasteiger partial charge in [0.1, 0.15) is 5.75 Å². The van der Waals surface area contributed by atoms with Crippen LogP contribution in [-0.2, 0) is 4.79 Å². The minimum absolute atomic E-state index is 0.159. The van der Waals surface area contributed by atoms with Gasteiger partial charge in [-0.05, 0) is 19.1 Å². The van der Waals surface area contributed by atoms with Gasteiger partial charge in [-0.15, -0.1) is 6.58 Å². The number of benzene rings is 1. The van der Waals surface area contributed by atoms with Crippen LogP contribution in [0.1, 0.15) is 12.0 Å². The Morgan fingerprint density at radius 3 is 2.88 bits per heavy atom. The smallest absolute Gasteiger partial charge is 0.227 e. The summed E-state index contributed by atoms with van der Waals surface area (Å²) in [6.07, 6.45) is 2.41. The minimum atomic E-state index is 0.159. The molecule has 90 valence electrons. The van der Waals surface area contributed by atoms with Crippen molar-refractivity contribution in [2.24, 2.45) is 5.92 Å². The Labute approximate surface area is 102 Å². The number of methoxy groups -OCH3 is 1. The summed E-state index contributed by atoms with van der Waals surface area (Å²) in [5.74, 6) is 1.23. The van der Waals surface area contributed by atoms with Gasteiger partial charge in [-0.25, -0.2) is 0 Å². The van der Waals surface area contributed by atoms with Crippen LogP contribution in [0.25, 0.3) is 0 Å². The minimum Gasteiger partial charge on any atom is -0.496 e. The highest BCUT2D eigenvalue weighted by Crippen LogP contribution is 2.32. The number of nitrogens with zero attached hydrogens (tertiary/aromatic N) is 1. The molecule has 0 N–H and O–H groups in total. The summed E-state index contributed by atoms with van der Waals surface area (Å²) in [5, 5.41) is 0. The second kappa shape index (κ2) is 4.62. The van der Waals surface area contributed by atoms with E-state index in [1.54, 1.807) is 7.11 Å². The molecule has 1 unspecified atom stereocenters. The number of carbonyl (C=O) groups excluding carboxylic acids is 1. The van der Waals surface area contributed by atoms with E-state index in [0.29, 0.717) is 6.42 Å². The fourth-order valence-electron chi connectivity index (χ4n) is 2.24. The maximum atomic E-state index is 11.9. The molecule has 1 amide bonds. The van der Waals surface area contributed by atoms with Gasteiger partial charge < -0.3 is 9.64 Å². The molecule has 1 fully saturated rings. The zero-order valence-corrected chi connectivity index (χ0v) is 10.3. The quantitative estimate of drug-likeness (QED) is 0.748. The maximum Gasteiger partial charge on any atom is 0.227 e. The number of hydrogen-bond acceptors (Lipinski definition) is 2. The number of carbonyl (C=O) groups is 1. The third-order valence-corrected chi connectivity index (χ3v) is 3.25. The zero-order chi connectivity index (χ0) is 12.4. The second-order valence-corrected chi connectivity index (χ2v) is 4.31. The number of hydrogen-bond donors (Lipinski definition) is 0. The van der Waals surface area contributed by atoms with Crippen molar-refractivity contribution < 1.29 is 9.53 Å². The van der Waals surface area contributed by atoms with Gasteiger partial charge in [0.15, 0.2) is 0 Å². The number of ether oxygens (including phenoxy) is 1. The lowest BCUT2D eigenvalue weighted by atomic mass is 10.1. The topological polar surface area (TPSA) is 29.5 Å². The van der Waals surface area contributed by atoms with Gasteiger partial charge in [0.25, 0.3) is 0 Å². The molecule has 1 aliphatic rings. The first-order chi connectivity index (χ1) is 8.17. The van der Waals surface area contributed by atoms with Gasteiger partial charge in [-0.1, -0.05) is 12.1 Å². The molecule has 0 saturated carbocycles. The molecule has 1 saturated heterocycles. The third-order valence-electron chi connectivity index (χ3n) is 3.25. The van der Waals surface area contributed by atoms with Crippen LogP contribution in [0.3, 0.4) is 0 Å². The van der Waals surface area contributed by atoms with Crippen molar-refractivity contribution in [1.82, 2.24) is 0 Å². The van der Waals surface area contributed by atoms with Crippen LogP contribution in [0.15, 0.2) is 30.9 Å². The monoisotopic (exact) mass is 231 g/mol. The fraction of sp³-hybridized carbons (Fsp3) is 0.357. The van der Waals surface area contributed by atoms with Crippen LogP contribution in [0.5, 0.6) is 5.75 Å². The SMILES string of the molecule is C=CC1CC(=O)N(c2cccc(OC)c2C)C1. The molecule has 0 spiro atoms. The fourth-order valence-corrected chi connectivity index (χ4v) is 2.24. The molecule has 0 aromatic heterocycles. The predicted octanol–water partition coefficient (Wildman–Crippen LogP) is 2.54. The van der Waals surface area contributed by atoms with E-state index in [1.165, 1.54) is 0 Å². The van der Waals surface area contributed by atoms with Crippen LogP contribution in [-0.4, -0.2) is 19.6 Å². The summed E-state index contributed by atoms with van der Waals surface area (Å²) in [7, 11) is 1.64. The van der Waals surface area contributed by atoms with Crippen molar-refractivity contribution in [2.75, 3.05) is 18.6 Å². The summed E-state index contributed by atoms with van der Waals surface area (Å²) in [5.41, 5.74) is 1.95. The number of amides is 1. The molecule has 3 heteroatoms. The van der Waals surface area contributed by atoms with E-state index < -0.39 is 0 Å². The maximum absolute atomic E-state index is 11.9. The average molecular weight is 231 g/mol. The highest BCUT2D eigenvalue weighted by Gasteiger charge is 2.29. The lowest BCUT2D eigenvalue weighted by Gasteiger charge is -2.20. The molecule has 2 rings (SSSR count). The number of rotatable bonds is 3. The number of anilines is 1. The molecular formula is C14H17NO2. The Kier molecular flexibility index (Phi) is 3.18. The molecule has 1 atom stereocenters. The van der Waals surface area contributed by atoms with Crippen molar-refractivity contribution in [2.45, 2.75) is 13.3 Å². The lowest BCUT2D eigenvalue weighted by Crippen LogP contribution is -2.25. The van der Waals surface area contributed by atoms with E-state index in [2.05, 4.69) is 6.58 Å². The Balaban J connectivity index is 2.35. The highest BCUT2D eigenvalue weighted by molar-refractivity contribution is 5.97. The molecule has 0 bridgehead atoms. The molecule has 1 aromatic carbocycles. The van der Waals surface area contributed by atoms with Crippen molar-refractivity contribution in [1.29, 1.82) is 0 Å². The van der Waals surface area contributed by atoms with Crippen molar-refractivity contribution in [3.05, 3.63) is 36.4 Å². The second-order valence-electron chi connectivity index (χ2n) is 4.31. The summed E-state index contributed by atoms with van der Waals surface area (Å²) in [6, 6.07) is 5.78.